The van der Waals surface area contributed by atoms with Crippen LogP contribution in [0.1, 0.15) is 34.1 Å². The fraction of sp³-hybridized carbons (Fsp3) is 0.571. The summed E-state index contributed by atoms with van der Waals surface area (Å²) >= 11 is 0. The van der Waals surface area contributed by atoms with E-state index >= 15 is 0 Å². The summed E-state index contributed by atoms with van der Waals surface area (Å²) in [5, 5.41) is 9.49. The summed E-state index contributed by atoms with van der Waals surface area (Å²) in [5.41, 5.74) is 0.963. The number of rotatable bonds is 3. The van der Waals surface area contributed by atoms with Crippen LogP contribution in [0.2, 0.25) is 0 Å². The molecule has 2 atom stereocenters. The van der Waals surface area contributed by atoms with E-state index in [2.05, 4.69) is 19.1 Å². The Morgan fingerprint density at radius 1 is 1.38 bits per heavy atom. The summed E-state index contributed by atoms with van der Waals surface area (Å²) in [7, 11) is 0. The smallest absolute Gasteiger partial charge is 0.121 e. The first-order chi connectivity index (χ1) is 7.41. The van der Waals surface area contributed by atoms with Gasteiger partial charge in [0.25, 0.3) is 0 Å². The molecule has 0 spiro atoms. The normalized spacial score (nSPS) is 29.9. The molecule has 0 amide bonds. The Kier molecular flexibility index (Phi) is 4.36. The highest BCUT2D eigenvalue weighted by Gasteiger charge is 2.15. The predicted octanol–water partition coefficient (Wildman–Crippen LogP) is 3.20. The van der Waals surface area contributed by atoms with Gasteiger partial charge in [-0.05, 0) is 50.8 Å². The first kappa shape index (κ1) is 13.0. The van der Waals surface area contributed by atoms with E-state index in [9.17, 15) is 5.11 Å². The van der Waals surface area contributed by atoms with E-state index < -0.39 is 0 Å². The van der Waals surface area contributed by atoms with Crippen LogP contribution in [0.3, 0.4) is 0 Å². The zero-order valence-corrected chi connectivity index (χ0v) is 10.6. The first-order valence-electron chi connectivity index (χ1n) is 5.81. The van der Waals surface area contributed by atoms with Crippen LogP contribution in [-0.4, -0.2) is 16.8 Å². The predicted molar refractivity (Wildman–Crippen MR) is 67.0 cm³/mol. The summed E-state index contributed by atoms with van der Waals surface area (Å²) in [6.45, 7) is 7.94. The minimum absolute atomic E-state index is 0.260. The van der Waals surface area contributed by atoms with Gasteiger partial charge in [0, 0.05) is 0 Å². The Labute approximate surface area is 98.3 Å². The Morgan fingerprint density at radius 3 is 2.69 bits per heavy atom. The SMILES string of the molecule is CC(O)[C@@H](C)CC1=C/C=C/OC(C)(C)\C=C\1. The van der Waals surface area contributed by atoms with Gasteiger partial charge in [0.2, 0.25) is 0 Å². The summed E-state index contributed by atoms with van der Waals surface area (Å²) in [5.74, 6) is 0.271. The van der Waals surface area contributed by atoms with Gasteiger partial charge in [-0.3, -0.25) is 0 Å². The van der Waals surface area contributed by atoms with Crippen molar-refractivity contribution in [3.8, 4) is 0 Å². The van der Waals surface area contributed by atoms with Crippen LogP contribution >= 0.6 is 0 Å². The van der Waals surface area contributed by atoms with Crippen molar-refractivity contribution in [1.29, 1.82) is 0 Å². The summed E-state index contributed by atoms with van der Waals surface area (Å²) in [6, 6.07) is 0. The third-order valence-electron chi connectivity index (χ3n) is 2.84. The van der Waals surface area contributed by atoms with Gasteiger partial charge in [-0.25, -0.2) is 0 Å². The maximum absolute atomic E-state index is 9.49. The van der Waals surface area contributed by atoms with Crippen molar-refractivity contribution in [2.45, 2.75) is 45.8 Å². The summed E-state index contributed by atoms with van der Waals surface area (Å²) < 4.78 is 5.51. The topological polar surface area (TPSA) is 29.5 Å². The Morgan fingerprint density at radius 2 is 2.06 bits per heavy atom. The molecule has 0 saturated heterocycles. The van der Waals surface area contributed by atoms with Crippen molar-refractivity contribution in [2.24, 2.45) is 5.92 Å². The second-order valence-corrected chi connectivity index (χ2v) is 5.05. The second-order valence-electron chi connectivity index (χ2n) is 5.05. The molecule has 16 heavy (non-hydrogen) atoms. The molecule has 0 radical (unpaired) electrons. The lowest BCUT2D eigenvalue weighted by Gasteiger charge is -2.22. The van der Waals surface area contributed by atoms with Gasteiger partial charge < -0.3 is 9.84 Å². The molecular formula is C14H22O2. The highest BCUT2D eigenvalue weighted by Crippen LogP contribution is 2.21. The lowest BCUT2D eigenvalue weighted by Crippen LogP contribution is -2.19. The monoisotopic (exact) mass is 222 g/mol. The average molecular weight is 222 g/mol. The molecule has 1 aliphatic heterocycles. The van der Waals surface area contributed by atoms with Crippen LogP contribution in [0, 0.1) is 5.92 Å². The third kappa shape index (κ3) is 4.23. The van der Waals surface area contributed by atoms with E-state index in [0.717, 1.165) is 6.42 Å². The average Bonchev–Trinajstić information content (AvgIpc) is 2.18. The molecule has 1 N–H and O–H groups in total. The Bertz CT molecular complexity index is 309. The highest BCUT2D eigenvalue weighted by atomic mass is 16.5. The Hall–Kier alpha value is -1.02. The minimum Gasteiger partial charge on any atom is -0.491 e. The van der Waals surface area contributed by atoms with Gasteiger partial charge >= 0.3 is 0 Å². The molecule has 0 bridgehead atoms. The van der Waals surface area contributed by atoms with Crippen LogP contribution < -0.4 is 0 Å². The van der Waals surface area contributed by atoms with E-state index in [1.807, 2.05) is 32.9 Å². The number of hydrogen-bond acceptors (Lipinski definition) is 2. The van der Waals surface area contributed by atoms with Gasteiger partial charge in [-0.1, -0.05) is 19.1 Å². The van der Waals surface area contributed by atoms with Crippen molar-refractivity contribution in [3.05, 3.63) is 36.1 Å². The van der Waals surface area contributed by atoms with Crippen LogP contribution in [0.25, 0.3) is 0 Å². The van der Waals surface area contributed by atoms with Crippen molar-refractivity contribution < 1.29 is 9.84 Å². The van der Waals surface area contributed by atoms with Gasteiger partial charge in [0.15, 0.2) is 0 Å². The maximum atomic E-state index is 9.49. The minimum atomic E-state index is -0.270. The molecule has 1 rings (SSSR count). The van der Waals surface area contributed by atoms with Gasteiger partial charge in [-0.15, -0.1) is 0 Å². The molecular weight excluding hydrogens is 200 g/mol. The summed E-state index contributed by atoms with van der Waals surface area (Å²) in [4.78, 5) is 0. The molecule has 0 aromatic rings. The van der Waals surface area contributed by atoms with Crippen LogP contribution in [0.4, 0.5) is 0 Å². The lowest BCUT2D eigenvalue weighted by molar-refractivity contribution is 0.105. The number of aliphatic hydroxyl groups is 1. The zero-order chi connectivity index (χ0) is 12.2. The number of ether oxygens (including phenoxy) is 1. The molecule has 1 unspecified atom stereocenters. The second kappa shape index (κ2) is 5.35. The molecule has 1 heterocycles. The largest absolute Gasteiger partial charge is 0.491 e. The highest BCUT2D eigenvalue weighted by molar-refractivity contribution is 5.27. The molecule has 0 aromatic heterocycles. The standard InChI is InChI=1S/C14H22O2/c1-11(12(2)15)10-13-6-5-9-16-14(3,4)8-7-13/h5-9,11-12,15H,10H2,1-4H3/b8-7+,9-5+,13-6+/t11-,12?/m0/s1. The Balaban J connectivity index is 2.73. The fourth-order valence-corrected chi connectivity index (χ4v) is 1.46. The molecule has 0 fully saturated rings. The molecule has 2 heteroatoms. The van der Waals surface area contributed by atoms with E-state index in [1.165, 1.54) is 5.57 Å². The molecule has 0 aromatic carbocycles. The summed E-state index contributed by atoms with van der Waals surface area (Å²) in [6.07, 6.45) is 10.4. The number of hydrogen-bond donors (Lipinski definition) is 1. The number of aliphatic hydroxyl groups excluding tert-OH is 1. The molecule has 2 nitrogen and oxygen atoms in total. The fourth-order valence-electron chi connectivity index (χ4n) is 1.46. The molecule has 90 valence electrons. The van der Waals surface area contributed by atoms with E-state index in [-0.39, 0.29) is 17.6 Å². The van der Waals surface area contributed by atoms with Crippen LogP contribution in [-0.2, 0) is 4.74 Å². The van der Waals surface area contributed by atoms with Crippen LogP contribution in [0.15, 0.2) is 36.1 Å². The molecule has 1 aliphatic rings. The van der Waals surface area contributed by atoms with Gasteiger partial charge in [-0.2, -0.15) is 0 Å². The van der Waals surface area contributed by atoms with Crippen molar-refractivity contribution in [3.63, 3.8) is 0 Å². The quantitative estimate of drug-likeness (QED) is 0.794. The van der Waals surface area contributed by atoms with Crippen LogP contribution in [0.5, 0.6) is 0 Å². The number of allylic oxidation sites excluding steroid dienone is 4. The maximum Gasteiger partial charge on any atom is 0.121 e. The first-order valence-corrected chi connectivity index (χ1v) is 5.81. The van der Waals surface area contributed by atoms with Gasteiger partial charge in [0.05, 0.1) is 12.4 Å². The van der Waals surface area contributed by atoms with E-state index in [0.29, 0.717) is 0 Å². The van der Waals surface area contributed by atoms with Gasteiger partial charge in [0.1, 0.15) is 5.60 Å². The zero-order valence-electron chi connectivity index (χ0n) is 10.6. The van der Waals surface area contributed by atoms with Crippen molar-refractivity contribution >= 4 is 0 Å². The molecule has 0 aliphatic carbocycles. The molecule has 0 saturated carbocycles. The lowest BCUT2D eigenvalue weighted by atomic mass is 9.95. The third-order valence-corrected chi connectivity index (χ3v) is 2.84. The van der Waals surface area contributed by atoms with E-state index in [4.69, 9.17) is 4.74 Å². The van der Waals surface area contributed by atoms with E-state index in [1.54, 1.807) is 6.26 Å². The van der Waals surface area contributed by atoms with Crippen molar-refractivity contribution in [2.75, 3.05) is 0 Å². The van der Waals surface area contributed by atoms with Crippen molar-refractivity contribution in [1.82, 2.24) is 0 Å².